The fourth-order valence-electron chi connectivity index (χ4n) is 1.64. The topological polar surface area (TPSA) is 30.5 Å². The summed E-state index contributed by atoms with van der Waals surface area (Å²) < 4.78 is 11.2. The van der Waals surface area contributed by atoms with Crippen LogP contribution in [0.5, 0.6) is 5.75 Å². The van der Waals surface area contributed by atoms with Gasteiger partial charge in [-0.2, -0.15) is 0 Å². The van der Waals surface area contributed by atoms with E-state index in [-0.39, 0.29) is 6.10 Å². The molecular formula is C13H21NO2. The molecule has 0 fully saturated rings. The van der Waals surface area contributed by atoms with E-state index in [1.807, 2.05) is 25.2 Å². The van der Waals surface area contributed by atoms with E-state index in [1.54, 1.807) is 7.11 Å². The van der Waals surface area contributed by atoms with Crippen LogP contribution in [0.1, 0.15) is 25.0 Å². The smallest absolute Gasteiger partial charge is 0.124 e. The SMILES string of the molecule is CCCOC(CNC)c1ccccc1OC. The van der Waals surface area contributed by atoms with Gasteiger partial charge in [-0.1, -0.05) is 25.1 Å². The fraction of sp³-hybridized carbons (Fsp3) is 0.538. The molecule has 1 atom stereocenters. The minimum absolute atomic E-state index is 0.0566. The molecular weight excluding hydrogens is 202 g/mol. The van der Waals surface area contributed by atoms with Crippen molar-refractivity contribution in [3.05, 3.63) is 29.8 Å². The summed E-state index contributed by atoms with van der Waals surface area (Å²) in [7, 11) is 3.62. The van der Waals surface area contributed by atoms with Gasteiger partial charge in [0.15, 0.2) is 0 Å². The number of rotatable bonds is 7. The van der Waals surface area contributed by atoms with Crippen LogP contribution in [-0.2, 0) is 4.74 Å². The predicted molar refractivity (Wildman–Crippen MR) is 65.9 cm³/mol. The number of para-hydroxylation sites is 1. The molecule has 1 unspecified atom stereocenters. The van der Waals surface area contributed by atoms with Gasteiger partial charge in [-0.3, -0.25) is 0 Å². The summed E-state index contributed by atoms with van der Waals surface area (Å²) in [5.74, 6) is 0.888. The first-order chi connectivity index (χ1) is 7.83. The second-order valence-electron chi connectivity index (χ2n) is 3.66. The van der Waals surface area contributed by atoms with Gasteiger partial charge in [-0.25, -0.2) is 0 Å². The molecule has 3 heteroatoms. The number of ether oxygens (including phenoxy) is 2. The first-order valence-corrected chi connectivity index (χ1v) is 5.72. The first kappa shape index (κ1) is 13.0. The molecule has 90 valence electrons. The minimum Gasteiger partial charge on any atom is -0.496 e. The van der Waals surface area contributed by atoms with Gasteiger partial charge < -0.3 is 14.8 Å². The summed E-state index contributed by atoms with van der Waals surface area (Å²) in [5, 5.41) is 3.15. The van der Waals surface area contributed by atoms with Gasteiger partial charge in [0.2, 0.25) is 0 Å². The van der Waals surface area contributed by atoms with Crippen molar-refractivity contribution in [2.75, 3.05) is 27.3 Å². The summed E-state index contributed by atoms with van der Waals surface area (Å²) in [6, 6.07) is 8.00. The van der Waals surface area contributed by atoms with Gasteiger partial charge in [-0.15, -0.1) is 0 Å². The average molecular weight is 223 g/mol. The normalized spacial score (nSPS) is 12.4. The monoisotopic (exact) mass is 223 g/mol. The van der Waals surface area contributed by atoms with Crippen molar-refractivity contribution in [1.29, 1.82) is 0 Å². The van der Waals surface area contributed by atoms with Crippen LogP contribution in [0.2, 0.25) is 0 Å². The van der Waals surface area contributed by atoms with Crippen LogP contribution in [0, 0.1) is 0 Å². The standard InChI is InChI=1S/C13H21NO2/c1-4-9-16-13(10-14-2)11-7-5-6-8-12(11)15-3/h5-8,13-14H,4,9-10H2,1-3H3. The van der Waals surface area contributed by atoms with Crippen LogP contribution in [0.15, 0.2) is 24.3 Å². The summed E-state index contributed by atoms with van der Waals surface area (Å²) in [6.07, 6.45) is 1.08. The molecule has 1 rings (SSSR count). The lowest BCUT2D eigenvalue weighted by Crippen LogP contribution is -2.20. The molecule has 0 aliphatic carbocycles. The lowest BCUT2D eigenvalue weighted by Gasteiger charge is -2.20. The molecule has 0 aliphatic heterocycles. The summed E-state index contributed by atoms with van der Waals surface area (Å²) in [4.78, 5) is 0. The van der Waals surface area contributed by atoms with Crippen molar-refractivity contribution in [3.63, 3.8) is 0 Å². The van der Waals surface area contributed by atoms with Crippen LogP contribution >= 0.6 is 0 Å². The average Bonchev–Trinajstić information content (AvgIpc) is 2.34. The van der Waals surface area contributed by atoms with Gasteiger partial charge >= 0.3 is 0 Å². The van der Waals surface area contributed by atoms with Crippen LogP contribution in [-0.4, -0.2) is 27.3 Å². The minimum atomic E-state index is 0.0566. The van der Waals surface area contributed by atoms with Crippen molar-refractivity contribution < 1.29 is 9.47 Å². The van der Waals surface area contributed by atoms with E-state index >= 15 is 0 Å². The molecule has 1 aromatic carbocycles. The van der Waals surface area contributed by atoms with Crippen LogP contribution in [0.3, 0.4) is 0 Å². The van der Waals surface area contributed by atoms with E-state index in [0.29, 0.717) is 0 Å². The van der Waals surface area contributed by atoms with Gasteiger partial charge in [0, 0.05) is 18.7 Å². The highest BCUT2D eigenvalue weighted by molar-refractivity contribution is 5.35. The Balaban J connectivity index is 2.81. The molecule has 0 saturated heterocycles. The number of likely N-dealkylation sites (N-methyl/N-ethyl adjacent to an activating group) is 1. The lowest BCUT2D eigenvalue weighted by molar-refractivity contribution is 0.0527. The number of nitrogens with one attached hydrogen (secondary N) is 1. The maximum atomic E-state index is 5.82. The predicted octanol–water partition coefficient (Wildman–Crippen LogP) is 2.38. The van der Waals surface area contributed by atoms with Crippen molar-refractivity contribution in [2.45, 2.75) is 19.4 Å². The Labute approximate surface area is 97.8 Å². The maximum absolute atomic E-state index is 5.82. The Kier molecular flexibility index (Phi) is 5.90. The summed E-state index contributed by atoms with van der Waals surface area (Å²) in [6.45, 7) is 3.67. The van der Waals surface area contributed by atoms with E-state index in [0.717, 1.165) is 30.9 Å². The summed E-state index contributed by atoms with van der Waals surface area (Å²) in [5.41, 5.74) is 1.10. The zero-order chi connectivity index (χ0) is 11.8. The Morgan fingerprint density at radius 1 is 1.31 bits per heavy atom. The third kappa shape index (κ3) is 3.51. The second kappa shape index (κ2) is 7.25. The molecule has 0 spiro atoms. The van der Waals surface area contributed by atoms with E-state index in [9.17, 15) is 0 Å². The Morgan fingerprint density at radius 2 is 2.06 bits per heavy atom. The Hall–Kier alpha value is -1.06. The number of hydrogen-bond acceptors (Lipinski definition) is 3. The van der Waals surface area contributed by atoms with Gasteiger partial charge in [0.1, 0.15) is 5.75 Å². The van der Waals surface area contributed by atoms with E-state index in [4.69, 9.17) is 9.47 Å². The molecule has 0 heterocycles. The molecule has 0 aliphatic rings. The highest BCUT2D eigenvalue weighted by atomic mass is 16.5. The second-order valence-corrected chi connectivity index (χ2v) is 3.66. The Bertz CT molecular complexity index is 302. The first-order valence-electron chi connectivity index (χ1n) is 5.72. The fourth-order valence-corrected chi connectivity index (χ4v) is 1.64. The van der Waals surface area contributed by atoms with Crippen molar-refractivity contribution in [2.24, 2.45) is 0 Å². The summed E-state index contributed by atoms with van der Waals surface area (Å²) >= 11 is 0. The van der Waals surface area contributed by atoms with E-state index < -0.39 is 0 Å². The highest BCUT2D eigenvalue weighted by Gasteiger charge is 2.14. The molecule has 0 saturated carbocycles. The van der Waals surface area contributed by atoms with Crippen LogP contribution in [0.25, 0.3) is 0 Å². The van der Waals surface area contributed by atoms with Crippen molar-refractivity contribution in [3.8, 4) is 5.75 Å². The number of benzene rings is 1. The van der Waals surface area contributed by atoms with Gasteiger partial charge in [-0.05, 0) is 19.5 Å². The lowest BCUT2D eigenvalue weighted by atomic mass is 10.1. The van der Waals surface area contributed by atoms with E-state index in [2.05, 4.69) is 18.3 Å². The zero-order valence-corrected chi connectivity index (χ0v) is 10.3. The molecule has 1 aromatic rings. The quantitative estimate of drug-likeness (QED) is 0.770. The molecule has 1 N–H and O–H groups in total. The maximum Gasteiger partial charge on any atom is 0.124 e. The van der Waals surface area contributed by atoms with Gasteiger partial charge in [0.05, 0.1) is 13.2 Å². The third-order valence-corrected chi connectivity index (χ3v) is 2.40. The molecule has 3 nitrogen and oxygen atoms in total. The number of methoxy groups -OCH3 is 1. The highest BCUT2D eigenvalue weighted by Crippen LogP contribution is 2.26. The van der Waals surface area contributed by atoms with Crippen molar-refractivity contribution >= 4 is 0 Å². The van der Waals surface area contributed by atoms with Crippen molar-refractivity contribution in [1.82, 2.24) is 5.32 Å². The molecule has 0 amide bonds. The molecule has 0 bridgehead atoms. The Morgan fingerprint density at radius 3 is 2.69 bits per heavy atom. The third-order valence-electron chi connectivity index (χ3n) is 2.40. The molecule has 0 radical (unpaired) electrons. The van der Waals surface area contributed by atoms with E-state index in [1.165, 1.54) is 0 Å². The van der Waals surface area contributed by atoms with Crippen LogP contribution in [0.4, 0.5) is 0 Å². The van der Waals surface area contributed by atoms with Gasteiger partial charge in [0.25, 0.3) is 0 Å². The molecule has 0 aromatic heterocycles. The zero-order valence-electron chi connectivity index (χ0n) is 10.3. The van der Waals surface area contributed by atoms with Crippen LogP contribution < -0.4 is 10.1 Å². The number of hydrogen-bond donors (Lipinski definition) is 1. The molecule has 16 heavy (non-hydrogen) atoms. The largest absolute Gasteiger partial charge is 0.496 e.